The van der Waals surface area contributed by atoms with Gasteiger partial charge in [0.2, 0.25) is 0 Å². The number of benzene rings is 1. The number of carbonyl (C=O) groups is 1. The molecule has 0 saturated carbocycles. The molecular formula is C12H14O3. The highest BCUT2D eigenvalue weighted by molar-refractivity contribution is 5.71. The summed E-state index contributed by atoms with van der Waals surface area (Å²) in [5.41, 5.74) is 2.25. The van der Waals surface area contributed by atoms with Crippen LogP contribution >= 0.6 is 0 Å². The predicted molar refractivity (Wildman–Crippen MR) is 56.0 cm³/mol. The number of ether oxygens (including phenoxy) is 2. The molecule has 15 heavy (non-hydrogen) atoms. The first-order valence-corrected chi connectivity index (χ1v) is 5.01. The highest BCUT2D eigenvalue weighted by Crippen LogP contribution is 2.38. The van der Waals surface area contributed by atoms with Crippen LogP contribution in [0.3, 0.4) is 0 Å². The molecule has 0 spiro atoms. The third-order valence-corrected chi connectivity index (χ3v) is 2.75. The number of methoxy groups -OCH3 is 1. The molecule has 2 rings (SSSR count). The monoisotopic (exact) mass is 206 g/mol. The Morgan fingerprint density at radius 3 is 3.13 bits per heavy atom. The number of esters is 1. The summed E-state index contributed by atoms with van der Waals surface area (Å²) in [6.07, 6.45) is 0.396. The Morgan fingerprint density at radius 2 is 2.40 bits per heavy atom. The molecule has 1 aromatic rings. The Kier molecular flexibility index (Phi) is 2.62. The van der Waals surface area contributed by atoms with E-state index in [0.29, 0.717) is 13.0 Å². The van der Waals surface area contributed by atoms with E-state index in [1.807, 2.05) is 25.1 Å². The maximum absolute atomic E-state index is 11.2. The van der Waals surface area contributed by atoms with Gasteiger partial charge >= 0.3 is 5.97 Å². The van der Waals surface area contributed by atoms with Gasteiger partial charge in [-0.2, -0.15) is 0 Å². The molecule has 1 heterocycles. The van der Waals surface area contributed by atoms with Crippen LogP contribution in [0.2, 0.25) is 0 Å². The average Bonchev–Trinajstić information content (AvgIpc) is 2.63. The molecular weight excluding hydrogens is 192 g/mol. The Balaban J connectivity index is 2.21. The van der Waals surface area contributed by atoms with Gasteiger partial charge in [0.1, 0.15) is 5.75 Å². The van der Waals surface area contributed by atoms with Crippen molar-refractivity contribution in [1.82, 2.24) is 0 Å². The lowest BCUT2D eigenvalue weighted by Gasteiger charge is -2.06. The van der Waals surface area contributed by atoms with E-state index in [-0.39, 0.29) is 11.9 Å². The summed E-state index contributed by atoms with van der Waals surface area (Å²) in [6, 6.07) is 6.02. The fraction of sp³-hybridized carbons (Fsp3) is 0.417. The maximum atomic E-state index is 11.2. The lowest BCUT2D eigenvalue weighted by molar-refractivity contribution is -0.141. The van der Waals surface area contributed by atoms with Gasteiger partial charge in [0, 0.05) is 11.5 Å². The molecule has 1 aliphatic heterocycles. The van der Waals surface area contributed by atoms with Crippen LogP contribution in [-0.2, 0) is 9.53 Å². The molecule has 0 bridgehead atoms. The molecule has 0 aromatic heterocycles. The Morgan fingerprint density at radius 1 is 1.60 bits per heavy atom. The van der Waals surface area contributed by atoms with Crippen molar-refractivity contribution in [3.63, 3.8) is 0 Å². The van der Waals surface area contributed by atoms with Gasteiger partial charge in [-0.15, -0.1) is 0 Å². The first-order chi connectivity index (χ1) is 7.22. The second-order valence-corrected chi connectivity index (χ2v) is 3.78. The summed E-state index contributed by atoms with van der Waals surface area (Å²) in [6.45, 7) is 2.59. The van der Waals surface area contributed by atoms with Crippen molar-refractivity contribution < 1.29 is 14.3 Å². The number of hydrogen-bond donors (Lipinski definition) is 0. The van der Waals surface area contributed by atoms with Crippen LogP contribution in [0.1, 0.15) is 23.5 Å². The van der Waals surface area contributed by atoms with Gasteiger partial charge in [0.15, 0.2) is 0 Å². The summed E-state index contributed by atoms with van der Waals surface area (Å²) in [5, 5.41) is 0. The second kappa shape index (κ2) is 3.93. The molecule has 1 atom stereocenters. The number of hydrogen-bond acceptors (Lipinski definition) is 3. The minimum absolute atomic E-state index is 0.146. The van der Waals surface area contributed by atoms with Gasteiger partial charge in [-0.1, -0.05) is 18.2 Å². The van der Waals surface area contributed by atoms with E-state index in [0.717, 1.165) is 16.9 Å². The van der Waals surface area contributed by atoms with Crippen LogP contribution in [0.4, 0.5) is 0 Å². The van der Waals surface area contributed by atoms with Crippen LogP contribution in [0.15, 0.2) is 18.2 Å². The summed E-state index contributed by atoms with van der Waals surface area (Å²) in [7, 11) is 1.41. The fourth-order valence-corrected chi connectivity index (χ4v) is 1.92. The predicted octanol–water partition coefficient (Wildman–Crippen LogP) is 2.03. The quantitative estimate of drug-likeness (QED) is 0.694. The molecule has 0 N–H and O–H groups in total. The van der Waals surface area contributed by atoms with Crippen LogP contribution in [-0.4, -0.2) is 19.7 Å². The number of carbonyl (C=O) groups excluding carboxylic acids is 1. The second-order valence-electron chi connectivity index (χ2n) is 3.78. The van der Waals surface area contributed by atoms with E-state index in [1.165, 1.54) is 7.11 Å². The minimum atomic E-state index is -0.182. The van der Waals surface area contributed by atoms with Crippen molar-refractivity contribution in [1.29, 1.82) is 0 Å². The molecule has 1 aliphatic rings. The van der Waals surface area contributed by atoms with Crippen molar-refractivity contribution in [2.24, 2.45) is 0 Å². The SMILES string of the molecule is COC(=O)C[C@@H]1COc2c(C)cccc21. The zero-order valence-electron chi connectivity index (χ0n) is 8.95. The van der Waals surface area contributed by atoms with E-state index in [1.54, 1.807) is 0 Å². The number of rotatable bonds is 2. The van der Waals surface area contributed by atoms with Gasteiger partial charge in [0.05, 0.1) is 20.1 Å². The van der Waals surface area contributed by atoms with Gasteiger partial charge in [-0.25, -0.2) is 0 Å². The molecule has 0 fully saturated rings. The van der Waals surface area contributed by atoms with Crippen molar-refractivity contribution in [2.45, 2.75) is 19.3 Å². The van der Waals surface area contributed by atoms with E-state index in [4.69, 9.17) is 4.74 Å². The molecule has 3 nitrogen and oxygen atoms in total. The van der Waals surface area contributed by atoms with E-state index in [2.05, 4.69) is 4.74 Å². The van der Waals surface area contributed by atoms with E-state index < -0.39 is 0 Å². The van der Waals surface area contributed by atoms with Gasteiger partial charge in [0.25, 0.3) is 0 Å². The smallest absolute Gasteiger partial charge is 0.306 e. The van der Waals surface area contributed by atoms with Crippen molar-refractivity contribution in [2.75, 3.05) is 13.7 Å². The molecule has 3 heteroatoms. The van der Waals surface area contributed by atoms with Crippen LogP contribution < -0.4 is 4.74 Å². The zero-order valence-corrected chi connectivity index (χ0v) is 8.95. The molecule has 0 amide bonds. The van der Waals surface area contributed by atoms with Crippen molar-refractivity contribution in [3.05, 3.63) is 29.3 Å². The lowest BCUT2D eigenvalue weighted by atomic mass is 9.96. The van der Waals surface area contributed by atoms with Crippen molar-refractivity contribution >= 4 is 5.97 Å². The normalized spacial score (nSPS) is 18.1. The zero-order chi connectivity index (χ0) is 10.8. The minimum Gasteiger partial charge on any atom is -0.492 e. The third-order valence-electron chi connectivity index (χ3n) is 2.75. The van der Waals surface area contributed by atoms with Crippen LogP contribution in [0.5, 0.6) is 5.75 Å². The summed E-state index contributed by atoms with van der Waals surface area (Å²) in [4.78, 5) is 11.2. The standard InChI is InChI=1S/C12H14O3/c1-8-4-3-5-10-9(6-11(13)14-2)7-15-12(8)10/h3-5,9H,6-7H2,1-2H3/t9-/m1/s1. The maximum Gasteiger partial charge on any atom is 0.306 e. The Labute approximate surface area is 89.0 Å². The fourth-order valence-electron chi connectivity index (χ4n) is 1.92. The molecule has 0 saturated heterocycles. The molecule has 1 aromatic carbocycles. The highest BCUT2D eigenvalue weighted by Gasteiger charge is 2.27. The number of aryl methyl sites for hydroxylation is 1. The Bertz CT molecular complexity index is 384. The molecule has 0 radical (unpaired) electrons. The van der Waals surface area contributed by atoms with Gasteiger partial charge in [-0.05, 0) is 12.5 Å². The number of fused-ring (bicyclic) bond motifs is 1. The largest absolute Gasteiger partial charge is 0.492 e. The Hall–Kier alpha value is -1.51. The van der Waals surface area contributed by atoms with Crippen LogP contribution in [0, 0.1) is 6.92 Å². The molecule has 0 aliphatic carbocycles. The molecule has 80 valence electrons. The van der Waals surface area contributed by atoms with Gasteiger partial charge < -0.3 is 9.47 Å². The summed E-state index contributed by atoms with van der Waals surface area (Å²) in [5.74, 6) is 0.900. The van der Waals surface area contributed by atoms with E-state index >= 15 is 0 Å². The first kappa shape index (κ1) is 10.0. The lowest BCUT2D eigenvalue weighted by Crippen LogP contribution is -2.09. The van der Waals surface area contributed by atoms with E-state index in [9.17, 15) is 4.79 Å². The topological polar surface area (TPSA) is 35.5 Å². The first-order valence-electron chi connectivity index (χ1n) is 5.01. The van der Waals surface area contributed by atoms with Gasteiger partial charge in [-0.3, -0.25) is 4.79 Å². The van der Waals surface area contributed by atoms with Crippen LogP contribution in [0.25, 0.3) is 0 Å². The average molecular weight is 206 g/mol. The molecule has 0 unspecified atom stereocenters. The summed E-state index contributed by atoms with van der Waals surface area (Å²) >= 11 is 0. The third kappa shape index (κ3) is 1.82. The summed E-state index contributed by atoms with van der Waals surface area (Å²) < 4.78 is 10.2. The number of para-hydroxylation sites is 1. The van der Waals surface area contributed by atoms with Crippen molar-refractivity contribution in [3.8, 4) is 5.75 Å². The highest BCUT2D eigenvalue weighted by atomic mass is 16.5.